The van der Waals surface area contributed by atoms with Gasteiger partial charge in [0.25, 0.3) is 5.91 Å². The Morgan fingerprint density at radius 3 is 2.47 bits per heavy atom. The number of nitrogens with one attached hydrogen (secondary N) is 1. The van der Waals surface area contributed by atoms with Gasteiger partial charge in [-0.2, -0.15) is 0 Å². The number of aliphatic carboxylic acids is 1. The first-order valence-corrected chi connectivity index (χ1v) is 12.8. The minimum Gasteiger partial charge on any atom is -0.492 e. The Morgan fingerprint density at radius 1 is 1.22 bits per heavy atom. The van der Waals surface area contributed by atoms with Gasteiger partial charge in [0.1, 0.15) is 35.2 Å². The van der Waals surface area contributed by atoms with Crippen LogP contribution in [0.25, 0.3) is 0 Å². The number of amides is 1. The summed E-state index contributed by atoms with van der Waals surface area (Å²) in [5, 5.41) is 22.8. The molecule has 36 heavy (non-hydrogen) atoms. The highest BCUT2D eigenvalue weighted by atomic mass is 35.5. The minimum absolute atomic E-state index is 0.0601. The molecule has 0 unspecified atom stereocenters. The molecule has 1 aromatic heterocycles. The van der Waals surface area contributed by atoms with Crippen molar-refractivity contribution in [2.45, 2.75) is 57.6 Å². The molecule has 1 amide bonds. The van der Waals surface area contributed by atoms with E-state index in [1.165, 1.54) is 0 Å². The van der Waals surface area contributed by atoms with E-state index in [1.807, 2.05) is 0 Å². The molecule has 0 aliphatic heterocycles. The normalized spacial score (nSPS) is 17.7. The number of carboxylic acid groups (broad SMARTS) is 1. The van der Waals surface area contributed by atoms with Crippen LogP contribution in [-0.2, 0) is 17.2 Å². The van der Waals surface area contributed by atoms with E-state index in [-0.39, 0.29) is 41.6 Å². The summed E-state index contributed by atoms with van der Waals surface area (Å²) in [5.74, 6) is 5.48. The largest absolute Gasteiger partial charge is 0.492 e. The standard InChI is InChI=1S/C26H31Cl2N3O5/c1-26(2,35)12-11-21-23(24(32)29-16-17-3-5-18(6-4-17)25(33)34)31(22(15-27)30-21)13-14-36-20-9-7-19(28)8-10-20/h7-10,17-18,35H,3-6,13-16H2,1-2H3,(H,29,32)(H,33,34). The van der Waals surface area contributed by atoms with Gasteiger partial charge in [-0.25, -0.2) is 4.98 Å². The first-order chi connectivity index (χ1) is 17.1. The second kappa shape index (κ2) is 12.5. The molecule has 10 heteroatoms. The van der Waals surface area contributed by atoms with E-state index in [1.54, 1.807) is 42.7 Å². The number of rotatable bonds is 9. The number of carbonyl (C=O) groups is 2. The average Bonchev–Trinajstić information content (AvgIpc) is 3.20. The van der Waals surface area contributed by atoms with E-state index in [9.17, 15) is 19.8 Å². The van der Waals surface area contributed by atoms with Crippen LogP contribution in [0.3, 0.4) is 0 Å². The molecule has 0 spiro atoms. The molecular formula is C26H31Cl2N3O5. The van der Waals surface area contributed by atoms with Gasteiger partial charge in [-0.3, -0.25) is 9.59 Å². The van der Waals surface area contributed by atoms with Gasteiger partial charge in [0.2, 0.25) is 0 Å². The number of imidazole rings is 1. The number of benzene rings is 1. The van der Waals surface area contributed by atoms with Gasteiger partial charge in [0.05, 0.1) is 18.3 Å². The molecule has 3 rings (SSSR count). The van der Waals surface area contributed by atoms with Crippen LogP contribution in [-0.4, -0.2) is 50.4 Å². The van der Waals surface area contributed by atoms with Crippen molar-refractivity contribution in [1.29, 1.82) is 0 Å². The van der Waals surface area contributed by atoms with Crippen molar-refractivity contribution in [1.82, 2.24) is 14.9 Å². The number of aromatic nitrogens is 2. The number of nitrogens with zero attached hydrogens (tertiary/aromatic N) is 2. The quantitative estimate of drug-likeness (QED) is 0.329. The molecule has 1 heterocycles. The summed E-state index contributed by atoms with van der Waals surface area (Å²) in [6.45, 7) is 4.07. The number of aliphatic hydroxyl groups is 1. The fourth-order valence-corrected chi connectivity index (χ4v) is 4.42. The highest BCUT2D eigenvalue weighted by molar-refractivity contribution is 6.30. The van der Waals surface area contributed by atoms with Crippen molar-refractivity contribution >= 4 is 35.1 Å². The Bertz CT molecular complexity index is 1120. The fourth-order valence-electron chi connectivity index (χ4n) is 4.09. The molecule has 0 radical (unpaired) electrons. The average molecular weight is 536 g/mol. The molecule has 1 aliphatic rings. The van der Waals surface area contributed by atoms with E-state index >= 15 is 0 Å². The van der Waals surface area contributed by atoms with Gasteiger partial charge in [-0.1, -0.05) is 17.5 Å². The third-order valence-corrected chi connectivity index (χ3v) is 6.50. The number of carbonyl (C=O) groups excluding carboxylic acids is 1. The number of hydrogen-bond acceptors (Lipinski definition) is 5. The summed E-state index contributed by atoms with van der Waals surface area (Å²) in [5.41, 5.74) is -0.785. The van der Waals surface area contributed by atoms with E-state index in [0.717, 1.165) is 12.8 Å². The van der Waals surface area contributed by atoms with E-state index in [0.29, 0.717) is 42.5 Å². The molecule has 2 aromatic rings. The van der Waals surface area contributed by atoms with Crippen LogP contribution in [0, 0.1) is 23.7 Å². The topological polar surface area (TPSA) is 114 Å². The Hall–Kier alpha value is -2.73. The van der Waals surface area contributed by atoms with Crippen LogP contribution in [0.5, 0.6) is 5.75 Å². The Kier molecular flexibility index (Phi) is 9.66. The number of hydrogen-bond donors (Lipinski definition) is 3. The van der Waals surface area contributed by atoms with Gasteiger partial charge < -0.3 is 24.8 Å². The molecule has 3 N–H and O–H groups in total. The number of carboxylic acids is 1. The maximum atomic E-state index is 13.3. The zero-order valence-electron chi connectivity index (χ0n) is 20.4. The van der Waals surface area contributed by atoms with Crippen molar-refractivity contribution in [2.24, 2.45) is 11.8 Å². The van der Waals surface area contributed by atoms with Gasteiger partial charge in [0, 0.05) is 11.6 Å². The van der Waals surface area contributed by atoms with Crippen LogP contribution in [0.4, 0.5) is 0 Å². The second-order valence-corrected chi connectivity index (χ2v) is 10.1. The molecule has 1 saturated carbocycles. The molecule has 1 aromatic carbocycles. The summed E-state index contributed by atoms with van der Waals surface area (Å²) >= 11 is 12.1. The second-order valence-electron chi connectivity index (χ2n) is 9.39. The molecule has 1 aliphatic carbocycles. The fraction of sp³-hybridized carbons (Fsp3) is 0.500. The maximum absolute atomic E-state index is 13.3. The summed E-state index contributed by atoms with van der Waals surface area (Å²) in [6, 6.07) is 6.97. The zero-order chi connectivity index (χ0) is 26.3. The van der Waals surface area contributed by atoms with Crippen molar-refractivity contribution in [3.05, 3.63) is 46.5 Å². The molecule has 0 saturated heterocycles. The first-order valence-electron chi connectivity index (χ1n) is 11.9. The lowest BCUT2D eigenvalue weighted by Crippen LogP contribution is -2.34. The highest BCUT2D eigenvalue weighted by Crippen LogP contribution is 2.28. The summed E-state index contributed by atoms with van der Waals surface area (Å²) in [6.07, 6.45) is 2.69. The summed E-state index contributed by atoms with van der Waals surface area (Å²) in [4.78, 5) is 29.0. The lowest BCUT2D eigenvalue weighted by Gasteiger charge is -2.26. The smallest absolute Gasteiger partial charge is 0.306 e. The van der Waals surface area contributed by atoms with E-state index in [2.05, 4.69) is 22.1 Å². The number of alkyl halides is 1. The van der Waals surface area contributed by atoms with Gasteiger partial charge in [-0.15, -0.1) is 11.6 Å². The third-order valence-electron chi connectivity index (χ3n) is 6.01. The Morgan fingerprint density at radius 2 is 1.89 bits per heavy atom. The van der Waals surface area contributed by atoms with Crippen LogP contribution in [0.2, 0.25) is 5.02 Å². The molecular weight excluding hydrogens is 505 g/mol. The van der Waals surface area contributed by atoms with Gasteiger partial charge >= 0.3 is 5.97 Å². The van der Waals surface area contributed by atoms with Crippen molar-refractivity contribution < 1.29 is 24.5 Å². The lowest BCUT2D eigenvalue weighted by atomic mass is 9.82. The number of ether oxygens (including phenoxy) is 1. The highest BCUT2D eigenvalue weighted by Gasteiger charge is 2.27. The molecule has 0 atom stereocenters. The zero-order valence-corrected chi connectivity index (χ0v) is 21.9. The molecule has 0 bridgehead atoms. The van der Waals surface area contributed by atoms with Crippen molar-refractivity contribution in [3.8, 4) is 17.6 Å². The number of halogens is 2. The Labute approximate surface area is 221 Å². The summed E-state index contributed by atoms with van der Waals surface area (Å²) < 4.78 is 7.49. The predicted octanol–water partition coefficient (Wildman–Crippen LogP) is 4.10. The SMILES string of the molecule is CC(C)(O)C#Cc1nc(CCl)n(CCOc2ccc(Cl)cc2)c1C(=O)NCC1CCC(C(=O)O)CC1. The molecule has 8 nitrogen and oxygen atoms in total. The molecule has 1 fully saturated rings. The van der Waals surface area contributed by atoms with Gasteiger partial charge in [0.15, 0.2) is 0 Å². The monoisotopic (exact) mass is 535 g/mol. The van der Waals surface area contributed by atoms with Crippen LogP contribution in [0.15, 0.2) is 24.3 Å². The predicted molar refractivity (Wildman–Crippen MR) is 137 cm³/mol. The van der Waals surface area contributed by atoms with Crippen LogP contribution < -0.4 is 10.1 Å². The summed E-state index contributed by atoms with van der Waals surface area (Å²) in [7, 11) is 0. The maximum Gasteiger partial charge on any atom is 0.306 e. The van der Waals surface area contributed by atoms with E-state index in [4.69, 9.17) is 27.9 Å². The van der Waals surface area contributed by atoms with Crippen molar-refractivity contribution in [3.63, 3.8) is 0 Å². The van der Waals surface area contributed by atoms with E-state index < -0.39 is 11.6 Å². The lowest BCUT2D eigenvalue weighted by molar-refractivity contribution is -0.143. The molecule has 194 valence electrons. The Balaban J connectivity index is 1.77. The minimum atomic E-state index is -1.26. The van der Waals surface area contributed by atoms with Crippen LogP contribution in [0.1, 0.15) is 61.5 Å². The third kappa shape index (κ3) is 7.89. The van der Waals surface area contributed by atoms with Crippen LogP contribution >= 0.6 is 23.2 Å². The van der Waals surface area contributed by atoms with Crippen molar-refractivity contribution in [2.75, 3.05) is 13.2 Å². The first kappa shape index (κ1) is 27.9. The van der Waals surface area contributed by atoms with Gasteiger partial charge in [-0.05, 0) is 75.6 Å².